The predicted octanol–water partition coefficient (Wildman–Crippen LogP) is 1.23. The predicted molar refractivity (Wildman–Crippen MR) is 65.9 cm³/mol. The first-order valence-corrected chi connectivity index (χ1v) is 5.97. The number of hydrogen-bond acceptors (Lipinski definition) is 3. The van der Waals surface area contributed by atoms with E-state index in [2.05, 4.69) is 21.4 Å². The lowest BCUT2D eigenvalue weighted by Crippen LogP contribution is -2.34. The molecule has 0 aliphatic rings. The van der Waals surface area contributed by atoms with Crippen LogP contribution >= 0.6 is 0 Å². The molecule has 0 aliphatic heterocycles. The summed E-state index contributed by atoms with van der Waals surface area (Å²) in [6.45, 7) is 8.93. The molecule has 0 fully saturated rings. The van der Waals surface area contributed by atoms with Gasteiger partial charge in [0, 0.05) is 32.0 Å². The third-order valence-electron chi connectivity index (χ3n) is 2.98. The van der Waals surface area contributed by atoms with E-state index in [0.717, 1.165) is 25.5 Å². The first-order chi connectivity index (χ1) is 8.04. The summed E-state index contributed by atoms with van der Waals surface area (Å²) in [4.78, 5) is 17.1. The van der Waals surface area contributed by atoms with Gasteiger partial charge in [0.25, 0.3) is 0 Å². The molecular formula is C12H21N3O2. The van der Waals surface area contributed by atoms with Crippen LogP contribution < -0.4 is 0 Å². The van der Waals surface area contributed by atoms with Gasteiger partial charge in [0.15, 0.2) is 0 Å². The third-order valence-corrected chi connectivity index (χ3v) is 2.98. The fourth-order valence-corrected chi connectivity index (χ4v) is 1.73. The fourth-order valence-electron chi connectivity index (χ4n) is 1.73. The summed E-state index contributed by atoms with van der Waals surface area (Å²) in [5.74, 6) is -0.0616. The Labute approximate surface area is 102 Å². The van der Waals surface area contributed by atoms with E-state index in [1.807, 2.05) is 13.1 Å². The number of nitrogens with zero attached hydrogens (tertiary/aromatic N) is 3. The second-order valence-corrected chi connectivity index (χ2v) is 4.30. The van der Waals surface area contributed by atoms with Crippen LogP contribution in [0.4, 0.5) is 0 Å². The van der Waals surface area contributed by atoms with Gasteiger partial charge in [-0.1, -0.05) is 13.8 Å². The van der Waals surface area contributed by atoms with Gasteiger partial charge in [0.1, 0.15) is 5.82 Å². The van der Waals surface area contributed by atoms with Gasteiger partial charge in [0.2, 0.25) is 0 Å². The second kappa shape index (κ2) is 6.39. The van der Waals surface area contributed by atoms with Crippen LogP contribution in [0.2, 0.25) is 0 Å². The average molecular weight is 239 g/mol. The highest BCUT2D eigenvalue weighted by atomic mass is 16.4. The van der Waals surface area contributed by atoms with E-state index in [4.69, 9.17) is 5.11 Å². The Morgan fingerprint density at radius 3 is 2.82 bits per heavy atom. The molecule has 1 unspecified atom stereocenters. The van der Waals surface area contributed by atoms with Crippen molar-refractivity contribution in [3.8, 4) is 0 Å². The fraction of sp³-hybridized carbons (Fsp3) is 0.667. The van der Waals surface area contributed by atoms with Crippen molar-refractivity contribution in [3.63, 3.8) is 0 Å². The lowest BCUT2D eigenvalue weighted by atomic mass is 10.1. The van der Waals surface area contributed by atoms with Crippen molar-refractivity contribution < 1.29 is 9.90 Å². The second-order valence-electron chi connectivity index (χ2n) is 4.30. The van der Waals surface area contributed by atoms with E-state index in [1.165, 1.54) is 0 Å². The Morgan fingerprint density at radius 1 is 1.65 bits per heavy atom. The number of carboxylic acids is 1. The number of aryl methyl sites for hydroxylation is 1. The van der Waals surface area contributed by atoms with Gasteiger partial charge in [-0.3, -0.25) is 4.79 Å². The molecule has 5 heteroatoms. The molecule has 1 aromatic heterocycles. The highest BCUT2D eigenvalue weighted by Gasteiger charge is 2.14. The van der Waals surface area contributed by atoms with Crippen molar-refractivity contribution in [3.05, 3.63) is 18.2 Å². The summed E-state index contributed by atoms with van der Waals surface area (Å²) >= 11 is 0. The Kier molecular flexibility index (Phi) is 5.15. The van der Waals surface area contributed by atoms with Gasteiger partial charge in [-0.05, 0) is 13.5 Å². The van der Waals surface area contributed by atoms with Gasteiger partial charge in [-0.15, -0.1) is 0 Å². The molecule has 1 N–H and O–H groups in total. The molecule has 0 aromatic carbocycles. The zero-order valence-electron chi connectivity index (χ0n) is 10.8. The largest absolute Gasteiger partial charge is 0.481 e. The highest BCUT2D eigenvalue weighted by molar-refractivity contribution is 5.69. The molecule has 5 nitrogen and oxygen atoms in total. The van der Waals surface area contributed by atoms with Crippen LogP contribution in [-0.2, 0) is 11.3 Å². The highest BCUT2D eigenvalue weighted by Crippen LogP contribution is 2.02. The normalized spacial score (nSPS) is 12.9. The number of carbonyl (C=O) groups is 1. The van der Waals surface area contributed by atoms with Crippen molar-refractivity contribution in [1.82, 2.24) is 14.5 Å². The van der Waals surface area contributed by atoms with Gasteiger partial charge in [0.05, 0.1) is 5.92 Å². The lowest BCUT2D eigenvalue weighted by molar-refractivity contribution is -0.141. The maximum Gasteiger partial charge on any atom is 0.307 e. The molecule has 0 amide bonds. The summed E-state index contributed by atoms with van der Waals surface area (Å²) in [5.41, 5.74) is 0. The molecule has 17 heavy (non-hydrogen) atoms. The molecule has 0 saturated carbocycles. The molecule has 0 bridgehead atoms. The first kappa shape index (κ1) is 13.7. The Balaban J connectivity index is 2.42. The Hall–Kier alpha value is -1.36. The number of carboxylic acid groups (broad SMARTS) is 1. The minimum atomic E-state index is -0.734. The van der Waals surface area contributed by atoms with Crippen molar-refractivity contribution in [1.29, 1.82) is 0 Å². The van der Waals surface area contributed by atoms with Gasteiger partial charge in [-0.25, -0.2) is 4.98 Å². The zero-order chi connectivity index (χ0) is 12.8. The molecule has 96 valence electrons. The quantitative estimate of drug-likeness (QED) is 0.777. The maximum absolute atomic E-state index is 10.8. The molecular weight excluding hydrogens is 218 g/mol. The van der Waals surface area contributed by atoms with E-state index >= 15 is 0 Å². The van der Waals surface area contributed by atoms with Crippen LogP contribution in [-0.4, -0.2) is 45.2 Å². The molecule has 0 aliphatic carbocycles. The molecule has 1 rings (SSSR count). The van der Waals surface area contributed by atoms with Crippen molar-refractivity contribution >= 4 is 5.97 Å². The molecule has 1 atom stereocenters. The smallest absolute Gasteiger partial charge is 0.307 e. The SMILES string of the molecule is CCN(CCn1ccnc1C)CC(C)C(=O)O. The number of aliphatic carboxylic acids is 1. The van der Waals surface area contributed by atoms with Crippen LogP contribution in [0.15, 0.2) is 12.4 Å². The molecule has 0 radical (unpaired) electrons. The standard InChI is InChI=1S/C12H21N3O2/c1-4-14(9-10(2)12(16)17)7-8-15-6-5-13-11(15)3/h5-6,10H,4,7-9H2,1-3H3,(H,16,17). The van der Waals surface area contributed by atoms with Crippen molar-refractivity contribution in [2.75, 3.05) is 19.6 Å². The third kappa shape index (κ3) is 4.19. The van der Waals surface area contributed by atoms with E-state index < -0.39 is 5.97 Å². The van der Waals surface area contributed by atoms with Gasteiger partial charge in [-0.2, -0.15) is 0 Å². The summed E-state index contributed by atoms with van der Waals surface area (Å²) in [6, 6.07) is 0. The molecule has 1 aromatic rings. The number of likely N-dealkylation sites (N-methyl/N-ethyl adjacent to an activating group) is 1. The van der Waals surface area contributed by atoms with E-state index in [1.54, 1.807) is 13.1 Å². The molecule has 0 spiro atoms. The zero-order valence-corrected chi connectivity index (χ0v) is 10.8. The maximum atomic E-state index is 10.8. The van der Waals surface area contributed by atoms with Crippen molar-refractivity contribution in [2.45, 2.75) is 27.3 Å². The number of rotatable bonds is 7. The number of hydrogen-bond donors (Lipinski definition) is 1. The van der Waals surface area contributed by atoms with Crippen LogP contribution in [0, 0.1) is 12.8 Å². The summed E-state index contributed by atoms with van der Waals surface area (Å²) in [5, 5.41) is 8.88. The first-order valence-electron chi connectivity index (χ1n) is 5.97. The number of imidazole rings is 1. The number of aromatic nitrogens is 2. The van der Waals surface area contributed by atoms with Crippen LogP contribution in [0.5, 0.6) is 0 Å². The van der Waals surface area contributed by atoms with Crippen LogP contribution in [0.1, 0.15) is 19.7 Å². The van der Waals surface area contributed by atoms with Gasteiger partial charge >= 0.3 is 5.97 Å². The van der Waals surface area contributed by atoms with E-state index in [0.29, 0.717) is 6.54 Å². The molecule has 1 heterocycles. The lowest BCUT2D eigenvalue weighted by Gasteiger charge is -2.22. The average Bonchev–Trinajstić information content (AvgIpc) is 2.69. The monoisotopic (exact) mass is 239 g/mol. The van der Waals surface area contributed by atoms with Crippen LogP contribution in [0.3, 0.4) is 0 Å². The van der Waals surface area contributed by atoms with Crippen molar-refractivity contribution in [2.24, 2.45) is 5.92 Å². The van der Waals surface area contributed by atoms with E-state index in [-0.39, 0.29) is 5.92 Å². The minimum absolute atomic E-state index is 0.321. The summed E-state index contributed by atoms with van der Waals surface area (Å²) in [6.07, 6.45) is 3.73. The summed E-state index contributed by atoms with van der Waals surface area (Å²) < 4.78 is 2.08. The Bertz CT molecular complexity index is 362. The topological polar surface area (TPSA) is 58.4 Å². The Morgan fingerprint density at radius 2 is 2.35 bits per heavy atom. The van der Waals surface area contributed by atoms with Gasteiger partial charge < -0.3 is 14.6 Å². The molecule has 0 saturated heterocycles. The summed E-state index contributed by atoms with van der Waals surface area (Å²) in [7, 11) is 0. The minimum Gasteiger partial charge on any atom is -0.481 e. The van der Waals surface area contributed by atoms with E-state index in [9.17, 15) is 4.79 Å². The van der Waals surface area contributed by atoms with Crippen LogP contribution in [0.25, 0.3) is 0 Å².